The number of carboxylic acids is 1. The molecule has 0 saturated heterocycles. The zero-order valence-electron chi connectivity index (χ0n) is 25.5. The van der Waals surface area contributed by atoms with Crippen LogP contribution in [0.15, 0.2) is 48.6 Å². The fraction of sp³-hybridized carbons (Fsp3) is 0.545. The van der Waals surface area contributed by atoms with Crippen molar-refractivity contribution in [2.24, 2.45) is 0 Å². The molecule has 0 aliphatic carbocycles. The Labute approximate surface area is 251 Å². The lowest BCUT2D eigenvalue weighted by atomic mass is 10.1. The maximum Gasteiger partial charge on any atom is 0.411 e. The van der Waals surface area contributed by atoms with Crippen LogP contribution in [0.5, 0.6) is 0 Å². The topological polar surface area (TPSA) is 127 Å². The van der Waals surface area contributed by atoms with Gasteiger partial charge in [0, 0.05) is 13.0 Å². The summed E-state index contributed by atoms with van der Waals surface area (Å²) in [5, 5.41) is 14.1. The Balaban J connectivity index is 0.000000423. The fourth-order valence-electron chi connectivity index (χ4n) is 4.10. The maximum absolute atomic E-state index is 12.8. The van der Waals surface area contributed by atoms with Gasteiger partial charge in [0.15, 0.2) is 0 Å². The number of nitrogens with one attached hydrogen (secondary N) is 2. The summed E-state index contributed by atoms with van der Waals surface area (Å²) >= 11 is 0. The van der Waals surface area contributed by atoms with Gasteiger partial charge in [-0.1, -0.05) is 82.6 Å². The molecule has 1 aromatic carbocycles. The van der Waals surface area contributed by atoms with E-state index in [0.717, 1.165) is 18.4 Å². The van der Waals surface area contributed by atoms with E-state index in [4.69, 9.17) is 15.6 Å². The van der Waals surface area contributed by atoms with E-state index in [1.54, 1.807) is 31.2 Å². The Hall–Kier alpha value is -3.62. The quantitative estimate of drug-likeness (QED) is 0.0900. The van der Waals surface area contributed by atoms with E-state index in [1.165, 1.54) is 82.8 Å². The summed E-state index contributed by atoms with van der Waals surface area (Å²) < 4.78 is 17.6. The number of anilines is 3. The lowest BCUT2D eigenvalue weighted by molar-refractivity contribution is -0.137. The van der Waals surface area contributed by atoms with Gasteiger partial charge in [-0.15, -0.1) is 0 Å². The van der Waals surface area contributed by atoms with E-state index in [1.807, 2.05) is 0 Å². The molecule has 1 amide bonds. The molecule has 0 fully saturated rings. The highest BCUT2D eigenvalue weighted by molar-refractivity contribution is 5.88. The number of carbonyl (C=O) groups is 2. The second-order valence-electron chi connectivity index (χ2n) is 10.2. The molecule has 0 atom stereocenters. The van der Waals surface area contributed by atoms with Crippen LogP contribution in [-0.4, -0.2) is 28.8 Å². The van der Waals surface area contributed by atoms with Crippen molar-refractivity contribution in [2.45, 2.75) is 110 Å². The van der Waals surface area contributed by atoms with Crippen molar-refractivity contribution in [3.63, 3.8) is 0 Å². The van der Waals surface area contributed by atoms with Crippen molar-refractivity contribution in [3.8, 4) is 0 Å². The fourth-order valence-corrected chi connectivity index (χ4v) is 4.10. The number of aromatic nitrogens is 1. The Morgan fingerprint density at radius 1 is 0.881 bits per heavy atom. The van der Waals surface area contributed by atoms with E-state index in [9.17, 15) is 14.0 Å². The number of ether oxygens (including phenoxy) is 1. The van der Waals surface area contributed by atoms with Crippen LogP contribution in [0.25, 0.3) is 0 Å². The number of carbonyl (C=O) groups excluding carboxylic acids is 1. The van der Waals surface area contributed by atoms with Gasteiger partial charge in [0.1, 0.15) is 17.5 Å². The average Bonchev–Trinajstić information content (AvgIpc) is 2.96. The number of aliphatic carboxylic acids is 1. The number of halogens is 1. The minimum Gasteiger partial charge on any atom is -0.481 e. The lowest BCUT2D eigenvalue weighted by Crippen LogP contribution is -2.15. The van der Waals surface area contributed by atoms with Crippen LogP contribution in [-0.2, 0) is 16.1 Å². The number of hydrogen-bond donors (Lipinski definition) is 4. The van der Waals surface area contributed by atoms with Crippen LogP contribution in [0, 0.1) is 5.82 Å². The SMILES string of the molecule is CCCCCCCC/C=C\CCCCCCCC(=O)O.CCOC(=O)Nc1ccc(NCc2ccc(F)cc2)nc1N. The van der Waals surface area contributed by atoms with Gasteiger partial charge >= 0.3 is 12.1 Å². The van der Waals surface area contributed by atoms with E-state index in [-0.39, 0.29) is 18.2 Å². The normalized spacial score (nSPS) is 10.6. The number of rotatable bonds is 20. The lowest BCUT2D eigenvalue weighted by Gasteiger charge is -2.10. The maximum atomic E-state index is 12.8. The van der Waals surface area contributed by atoms with Gasteiger partial charge in [-0.05, 0) is 68.9 Å². The van der Waals surface area contributed by atoms with Crippen molar-refractivity contribution < 1.29 is 23.8 Å². The monoisotopic (exact) mass is 586 g/mol. The molecular formula is C33H51FN4O4. The molecule has 8 nitrogen and oxygen atoms in total. The van der Waals surface area contributed by atoms with Gasteiger partial charge in [0.25, 0.3) is 0 Å². The zero-order valence-corrected chi connectivity index (χ0v) is 25.5. The average molecular weight is 587 g/mol. The van der Waals surface area contributed by atoms with Crippen LogP contribution < -0.4 is 16.4 Å². The van der Waals surface area contributed by atoms with Gasteiger partial charge in [-0.2, -0.15) is 0 Å². The molecule has 2 rings (SSSR count). The highest BCUT2D eigenvalue weighted by Crippen LogP contribution is 2.19. The first-order valence-corrected chi connectivity index (χ1v) is 15.4. The molecule has 0 saturated carbocycles. The number of nitrogens with zero attached hydrogens (tertiary/aromatic N) is 1. The largest absolute Gasteiger partial charge is 0.481 e. The Morgan fingerprint density at radius 2 is 1.48 bits per heavy atom. The van der Waals surface area contributed by atoms with Gasteiger partial charge in [-0.25, -0.2) is 14.2 Å². The second kappa shape index (κ2) is 24.0. The van der Waals surface area contributed by atoms with Crippen LogP contribution in [0.3, 0.4) is 0 Å². The Bertz CT molecular complexity index is 1030. The van der Waals surface area contributed by atoms with E-state index in [2.05, 4.69) is 34.7 Å². The van der Waals surface area contributed by atoms with Crippen LogP contribution in [0.2, 0.25) is 0 Å². The summed E-state index contributed by atoms with van der Waals surface area (Å²) in [6.45, 7) is 4.73. The first-order valence-electron chi connectivity index (χ1n) is 15.4. The molecule has 0 radical (unpaired) electrons. The highest BCUT2D eigenvalue weighted by atomic mass is 19.1. The molecule has 0 bridgehead atoms. The minimum absolute atomic E-state index is 0.178. The Morgan fingerprint density at radius 3 is 2.05 bits per heavy atom. The second-order valence-corrected chi connectivity index (χ2v) is 10.2. The molecule has 0 spiro atoms. The van der Waals surface area contributed by atoms with Gasteiger partial charge in [0.2, 0.25) is 0 Å². The summed E-state index contributed by atoms with van der Waals surface area (Å²) in [6.07, 6.45) is 20.7. The standard InChI is InChI=1S/C18H34O2.C15H17FN4O2/c1-2-3-4-5-6-7-8-9-10-11-12-13-14-15-16-17-18(19)20;1-2-22-15(21)19-12-7-8-13(20-14(12)17)18-9-10-3-5-11(16)6-4-10/h9-10H,2-8,11-17H2,1H3,(H,19,20);3-8H,2,9H2,1H3,(H,19,21)(H3,17,18,20)/b10-9-;. The Kier molecular flexibility index (Phi) is 20.8. The summed E-state index contributed by atoms with van der Waals surface area (Å²) in [6, 6.07) is 9.47. The highest BCUT2D eigenvalue weighted by Gasteiger charge is 2.07. The molecule has 2 aromatic rings. The molecule has 9 heteroatoms. The summed E-state index contributed by atoms with van der Waals surface area (Å²) in [5.74, 6) is -0.212. The number of unbranched alkanes of at least 4 members (excludes halogenated alkanes) is 11. The van der Waals surface area contributed by atoms with Gasteiger partial charge in [0.05, 0.1) is 12.3 Å². The molecular weight excluding hydrogens is 535 g/mol. The number of amides is 1. The molecule has 0 aliphatic heterocycles. The number of nitrogen functional groups attached to an aromatic ring is 1. The molecule has 0 unspecified atom stereocenters. The number of carboxylic acid groups (broad SMARTS) is 1. The van der Waals surface area contributed by atoms with Gasteiger partial charge < -0.3 is 20.9 Å². The van der Waals surface area contributed by atoms with Crippen LogP contribution >= 0.6 is 0 Å². The van der Waals surface area contributed by atoms with E-state index < -0.39 is 12.1 Å². The molecule has 1 heterocycles. The zero-order chi connectivity index (χ0) is 30.8. The number of pyridine rings is 1. The molecule has 1 aromatic heterocycles. The first-order chi connectivity index (χ1) is 20.3. The number of allylic oxidation sites excluding steroid dienone is 2. The van der Waals surface area contributed by atoms with E-state index in [0.29, 0.717) is 24.5 Å². The number of benzene rings is 1. The van der Waals surface area contributed by atoms with Crippen molar-refractivity contribution in [3.05, 3.63) is 59.9 Å². The minimum atomic E-state index is -0.664. The summed E-state index contributed by atoms with van der Waals surface area (Å²) in [4.78, 5) is 25.8. The van der Waals surface area contributed by atoms with Crippen LogP contribution in [0.1, 0.15) is 109 Å². The molecule has 234 valence electrons. The van der Waals surface area contributed by atoms with Crippen molar-refractivity contribution >= 4 is 29.4 Å². The summed E-state index contributed by atoms with van der Waals surface area (Å²) in [5.41, 5.74) is 7.08. The smallest absolute Gasteiger partial charge is 0.411 e. The van der Waals surface area contributed by atoms with Gasteiger partial charge in [-0.3, -0.25) is 10.1 Å². The third kappa shape index (κ3) is 19.5. The third-order valence-electron chi connectivity index (χ3n) is 6.48. The predicted molar refractivity (Wildman–Crippen MR) is 170 cm³/mol. The first kappa shape index (κ1) is 36.4. The van der Waals surface area contributed by atoms with E-state index >= 15 is 0 Å². The molecule has 42 heavy (non-hydrogen) atoms. The number of hydrogen-bond acceptors (Lipinski definition) is 6. The molecule has 5 N–H and O–H groups in total. The van der Waals surface area contributed by atoms with Crippen molar-refractivity contribution in [1.82, 2.24) is 4.98 Å². The van der Waals surface area contributed by atoms with Crippen molar-refractivity contribution in [1.29, 1.82) is 0 Å². The molecule has 0 aliphatic rings. The predicted octanol–water partition coefficient (Wildman–Crippen LogP) is 9.09. The summed E-state index contributed by atoms with van der Waals surface area (Å²) in [7, 11) is 0. The van der Waals surface area contributed by atoms with Crippen molar-refractivity contribution in [2.75, 3.05) is 23.0 Å². The third-order valence-corrected chi connectivity index (χ3v) is 6.48. The van der Waals surface area contributed by atoms with Crippen LogP contribution in [0.4, 0.5) is 26.5 Å². The number of nitrogens with two attached hydrogens (primary N) is 1.